The van der Waals surface area contributed by atoms with Crippen molar-refractivity contribution in [2.75, 3.05) is 18.9 Å². The zero-order valence-corrected chi connectivity index (χ0v) is 27.7. The molecule has 4 rings (SSSR count). The molecule has 1 aromatic carbocycles. The largest absolute Gasteiger partial charge is 0.489 e. The fraction of sp³-hybridized carbons (Fsp3) is 0.429. The summed E-state index contributed by atoms with van der Waals surface area (Å²) in [7, 11) is -3.02. The number of ether oxygens (including phenoxy) is 1. The van der Waals surface area contributed by atoms with Crippen molar-refractivity contribution in [2.45, 2.75) is 51.8 Å². The van der Waals surface area contributed by atoms with Crippen molar-refractivity contribution in [1.82, 2.24) is 14.7 Å². The molecule has 0 aliphatic carbocycles. The first-order chi connectivity index (χ1) is 22.0. The number of aryl methyl sites for hydroxylation is 1. The van der Waals surface area contributed by atoms with Crippen LogP contribution in [0.5, 0.6) is 5.75 Å². The van der Waals surface area contributed by atoms with Crippen LogP contribution in [0.1, 0.15) is 38.1 Å². The van der Waals surface area contributed by atoms with E-state index in [0.717, 1.165) is 41.3 Å². The molecule has 1 aliphatic rings. The van der Waals surface area contributed by atoms with E-state index < -0.39 is 64.4 Å². The van der Waals surface area contributed by atoms with Gasteiger partial charge in [-0.2, -0.15) is 18.2 Å². The predicted molar refractivity (Wildman–Crippen MR) is 167 cm³/mol. The van der Waals surface area contributed by atoms with Crippen LogP contribution < -0.4 is 20.9 Å². The number of oxime groups is 1. The number of ketones is 1. The standard InChI is InChI=1S/C28H35N7O10S2/c1-16-12-21(34(33(16)4)11-5-10-29)17-6-8-18(9-7-17)43-14-23(26(38)39)44-32-24(20-15-46-27(30)31-20)22(36)13-19-25(37)35(28(19,2)3)45-47(40,41)42/h6-9,12,15,19,23H,5,10-11,13-14,29H2,1-4H3,(H3-,30,31,38,39,40,41,42)/p+1/b32-24-/t19-,23+/m1/s1. The number of thiazole rings is 1. The number of amides is 1. The zero-order valence-electron chi connectivity index (χ0n) is 26.0. The SMILES string of the molecule is Cc1cc(-c2ccc(OC[C@H](O/N=C(\C(=O)C[C@@H]3C(=O)N(OS(=O)(=O)O)C3(C)C)c3csc(N)n3)C(=O)O)cc2)[n+](CCCN)n1C. The number of carboxylic acids is 1. The molecule has 0 radical (unpaired) electrons. The molecule has 1 saturated heterocycles. The summed E-state index contributed by atoms with van der Waals surface area (Å²) < 4.78 is 45.4. The first-order valence-corrected chi connectivity index (χ1v) is 16.5. The summed E-state index contributed by atoms with van der Waals surface area (Å²) in [6.07, 6.45) is -1.34. The van der Waals surface area contributed by atoms with Crippen molar-refractivity contribution < 1.29 is 51.0 Å². The minimum absolute atomic E-state index is 0.0198. The van der Waals surface area contributed by atoms with Crippen LogP contribution in [0.2, 0.25) is 0 Å². The molecule has 47 heavy (non-hydrogen) atoms. The van der Waals surface area contributed by atoms with Gasteiger partial charge in [0.25, 0.3) is 12.0 Å². The number of anilines is 1. The quantitative estimate of drug-likeness (QED) is 0.0535. The molecule has 3 heterocycles. The van der Waals surface area contributed by atoms with E-state index in [1.807, 2.05) is 30.8 Å². The molecule has 6 N–H and O–H groups in total. The third-order valence-electron chi connectivity index (χ3n) is 7.63. The summed E-state index contributed by atoms with van der Waals surface area (Å²) in [6, 6.07) is 9.11. The summed E-state index contributed by atoms with van der Waals surface area (Å²) in [5, 5.41) is 15.5. The number of carboxylic acid groups (broad SMARTS) is 1. The van der Waals surface area contributed by atoms with Gasteiger partial charge in [-0.3, -0.25) is 14.1 Å². The van der Waals surface area contributed by atoms with Crippen LogP contribution in [0.15, 0.2) is 40.9 Å². The van der Waals surface area contributed by atoms with E-state index >= 15 is 0 Å². The number of aliphatic carboxylic acids is 1. The molecule has 0 unspecified atom stereocenters. The van der Waals surface area contributed by atoms with Crippen LogP contribution in [0.3, 0.4) is 0 Å². The van der Waals surface area contributed by atoms with Crippen LogP contribution in [0.25, 0.3) is 11.3 Å². The minimum atomic E-state index is -4.99. The Balaban J connectivity index is 1.47. The van der Waals surface area contributed by atoms with Gasteiger partial charge in [-0.25, -0.2) is 9.78 Å². The number of Topliss-reactive ketones (excluding diaryl/α,β-unsaturated/α-hetero) is 1. The maximum Gasteiger partial charge on any atom is 0.418 e. The molecule has 2 atom stereocenters. The van der Waals surface area contributed by atoms with Gasteiger partial charge in [-0.1, -0.05) is 5.16 Å². The van der Waals surface area contributed by atoms with Gasteiger partial charge < -0.3 is 26.1 Å². The monoisotopic (exact) mass is 694 g/mol. The number of hydrogen-bond acceptors (Lipinski definition) is 13. The number of hydroxylamine groups is 2. The summed E-state index contributed by atoms with van der Waals surface area (Å²) in [4.78, 5) is 47.2. The molecule has 0 saturated carbocycles. The lowest BCUT2D eigenvalue weighted by atomic mass is 9.74. The maximum absolute atomic E-state index is 13.3. The molecule has 17 nitrogen and oxygen atoms in total. The number of nitrogen functional groups attached to an aromatic ring is 1. The molecule has 254 valence electrons. The van der Waals surface area contributed by atoms with Gasteiger partial charge in [0.05, 0.1) is 24.2 Å². The molecule has 19 heteroatoms. The smallest absolute Gasteiger partial charge is 0.418 e. The highest BCUT2D eigenvalue weighted by atomic mass is 32.3. The Labute approximate surface area is 274 Å². The topological polar surface area (TPSA) is 243 Å². The summed E-state index contributed by atoms with van der Waals surface area (Å²) in [6.45, 7) is 5.67. The van der Waals surface area contributed by atoms with Gasteiger partial charge in [0.2, 0.25) is 5.69 Å². The molecule has 0 bridgehead atoms. The van der Waals surface area contributed by atoms with E-state index in [1.165, 1.54) is 19.2 Å². The van der Waals surface area contributed by atoms with Gasteiger partial charge in [-0.05, 0) is 51.6 Å². The van der Waals surface area contributed by atoms with Gasteiger partial charge >= 0.3 is 16.4 Å². The summed E-state index contributed by atoms with van der Waals surface area (Å²) in [5.41, 5.74) is 12.6. The number of carbonyl (C=O) groups excluding carboxylic acids is 2. The number of benzene rings is 1. The van der Waals surface area contributed by atoms with E-state index in [2.05, 4.69) is 25.2 Å². The molecule has 0 spiro atoms. The van der Waals surface area contributed by atoms with Crippen LogP contribution in [0.4, 0.5) is 5.13 Å². The van der Waals surface area contributed by atoms with Crippen molar-refractivity contribution in [1.29, 1.82) is 0 Å². The Morgan fingerprint density at radius 2 is 1.94 bits per heavy atom. The van der Waals surface area contributed by atoms with Crippen molar-refractivity contribution in [3.05, 3.63) is 47.1 Å². The van der Waals surface area contributed by atoms with Crippen molar-refractivity contribution in [3.63, 3.8) is 0 Å². The molecular formula is C28H36N7O10S2+. The van der Waals surface area contributed by atoms with E-state index in [-0.39, 0.29) is 10.8 Å². The third-order valence-corrected chi connectivity index (χ3v) is 8.64. The number of rotatable bonds is 16. The average molecular weight is 695 g/mol. The van der Waals surface area contributed by atoms with Gasteiger partial charge in [0.15, 0.2) is 23.2 Å². The summed E-state index contributed by atoms with van der Waals surface area (Å²) >= 11 is 0.989. The summed E-state index contributed by atoms with van der Waals surface area (Å²) in [5.74, 6) is -3.79. The second kappa shape index (κ2) is 14.1. The fourth-order valence-corrected chi connectivity index (χ4v) is 5.91. The Morgan fingerprint density at radius 3 is 2.49 bits per heavy atom. The Kier molecular flexibility index (Phi) is 10.7. The number of β-lactam (4-membered cyclic amide) rings is 1. The molecule has 1 fully saturated rings. The Bertz CT molecular complexity index is 1780. The van der Waals surface area contributed by atoms with Crippen LogP contribution in [-0.2, 0) is 47.5 Å². The number of nitrogens with zero attached hydrogens (tertiary/aromatic N) is 5. The first kappa shape index (κ1) is 35.4. The first-order valence-electron chi connectivity index (χ1n) is 14.3. The normalized spacial score (nSPS) is 16.9. The Morgan fingerprint density at radius 1 is 1.26 bits per heavy atom. The second-order valence-electron chi connectivity index (χ2n) is 11.2. The van der Waals surface area contributed by atoms with Crippen molar-refractivity contribution in [2.24, 2.45) is 23.9 Å². The number of carbonyl (C=O) groups is 3. The van der Waals surface area contributed by atoms with Crippen LogP contribution in [0, 0.1) is 12.8 Å². The number of aromatic nitrogens is 3. The fourth-order valence-electron chi connectivity index (χ4n) is 4.90. The average Bonchev–Trinajstić information content (AvgIpc) is 3.56. The maximum atomic E-state index is 13.3. The lowest BCUT2D eigenvalue weighted by Crippen LogP contribution is -2.68. The van der Waals surface area contributed by atoms with E-state index in [0.29, 0.717) is 17.4 Å². The highest BCUT2D eigenvalue weighted by Gasteiger charge is 2.57. The molecule has 1 amide bonds. The van der Waals surface area contributed by atoms with Gasteiger partial charge in [-0.15, -0.1) is 20.3 Å². The molecule has 3 aromatic rings. The predicted octanol–water partition coefficient (Wildman–Crippen LogP) is 0.859. The highest BCUT2D eigenvalue weighted by Crippen LogP contribution is 2.40. The van der Waals surface area contributed by atoms with E-state index in [1.54, 1.807) is 12.1 Å². The molecule has 1 aliphatic heterocycles. The van der Waals surface area contributed by atoms with Crippen LogP contribution >= 0.6 is 11.3 Å². The zero-order chi connectivity index (χ0) is 34.7. The van der Waals surface area contributed by atoms with Crippen molar-refractivity contribution >= 4 is 50.2 Å². The lowest BCUT2D eigenvalue weighted by molar-refractivity contribution is -0.764. The third kappa shape index (κ3) is 8.11. The lowest BCUT2D eigenvalue weighted by Gasteiger charge is -2.50. The van der Waals surface area contributed by atoms with E-state index in [9.17, 15) is 27.9 Å². The van der Waals surface area contributed by atoms with Gasteiger partial charge in [0, 0.05) is 29.9 Å². The minimum Gasteiger partial charge on any atom is -0.489 e. The molecular weight excluding hydrogens is 658 g/mol. The van der Waals surface area contributed by atoms with Gasteiger partial charge in [0.1, 0.15) is 18.1 Å². The Hall–Kier alpha value is -4.43. The highest BCUT2D eigenvalue weighted by molar-refractivity contribution is 7.80. The van der Waals surface area contributed by atoms with Crippen LogP contribution in [-0.4, -0.2) is 81.0 Å². The van der Waals surface area contributed by atoms with E-state index in [4.69, 9.17) is 25.6 Å². The van der Waals surface area contributed by atoms with Crippen molar-refractivity contribution in [3.8, 4) is 17.0 Å². The number of hydrogen-bond donors (Lipinski definition) is 4. The molecule has 2 aromatic heterocycles. The second-order valence-corrected chi connectivity index (χ2v) is 13.1. The number of nitrogens with two attached hydrogens (primary N) is 2.